The topological polar surface area (TPSA) is 103 Å². The molecule has 1 aliphatic rings. The molecule has 1 atom stereocenters. The maximum absolute atomic E-state index is 12.3. The predicted molar refractivity (Wildman–Crippen MR) is 77.6 cm³/mol. The van der Waals surface area contributed by atoms with E-state index in [1.54, 1.807) is 17.0 Å². The third-order valence-corrected chi connectivity index (χ3v) is 3.22. The highest BCUT2D eigenvalue weighted by molar-refractivity contribution is 5.91. The Balaban J connectivity index is 0.000000745. The number of carbonyl (C=O) groups excluding carboxylic acids is 1. The van der Waals surface area contributed by atoms with E-state index in [2.05, 4.69) is 0 Å². The maximum Gasteiger partial charge on any atom is 0.290 e. The molecule has 0 aliphatic carbocycles. The molecule has 1 aromatic rings. The fourth-order valence-corrected chi connectivity index (χ4v) is 2.24. The number of aliphatic hydroxyl groups is 1. The standard InChI is InChI=1S/C13H20N2O4.CH2O2/c1-14(4-6-16)9-11-10-18-8-5-15(11)13(17)12-3-2-7-19-12;2-1-3/h2-3,7,11,16H,4-6,8-10H2,1H3;1H,(H,2,3). The van der Waals surface area contributed by atoms with Gasteiger partial charge in [0.1, 0.15) is 0 Å². The van der Waals surface area contributed by atoms with Gasteiger partial charge in [0.25, 0.3) is 12.4 Å². The quantitative estimate of drug-likeness (QED) is 0.722. The summed E-state index contributed by atoms with van der Waals surface area (Å²) in [5.74, 6) is 0.257. The second kappa shape index (κ2) is 9.93. The lowest BCUT2D eigenvalue weighted by Gasteiger charge is -2.37. The highest BCUT2D eigenvalue weighted by Gasteiger charge is 2.30. The van der Waals surface area contributed by atoms with E-state index in [1.807, 2.05) is 11.9 Å². The van der Waals surface area contributed by atoms with Crippen LogP contribution in [0, 0.1) is 0 Å². The van der Waals surface area contributed by atoms with Crippen LogP contribution in [0.25, 0.3) is 0 Å². The van der Waals surface area contributed by atoms with Crippen LogP contribution in [0.4, 0.5) is 0 Å². The van der Waals surface area contributed by atoms with Gasteiger partial charge in [0.15, 0.2) is 5.76 Å². The van der Waals surface area contributed by atoms with Gasteiger partial charge in [-0.2, -0.15) is 0 Å². The van der Waals surface area contributed by atoms with Crippen LogP contribution in [0.3, 0.4) is 0 Å². The Morgan fingerprint density at radius 3 is 2.91 bits per heavy atom. The molecule has 0 saturated carbocycles. The fraction of sp³-hybridized carbons (Fsp3) is 0.571. The number of hydrogen-bond donors (Lipinski definition) is 2. The Labute approximate surface area is 128 Å². The van der Waals surface area contributed by atoms with Crippen molar-refractivity contribution in [3.8, 4) is 0 Å². The van der Waals surface area contributed by atoms with Crippen LogP contribution in [0.5, 0.6) is 0 Å². The number of hydrogen-bond acceptors (Lipinski definition) is 6. The number of rotatable bonds is 5. The SMILES string of the molecule is CN(CCO)CC1COCCN1C(=O)c1ccco1.O=CO. The van der Waals surface area contributed by atoms with E-state index in [9.17, 15) is 4.79 Å². The van der Waals surface area contributed by atoms with Crippen molar-refractivity contribution in [1.29, 1.82) is 0 Å². The van der Waals surface area contributed by atoms with Gasteiger partial charge < -0.3 is 29.2 Å². The maximum atomic E-state index is 12.3. The molecule has 22 heavy (non-hydrogen) atoms. The first-order chi connectivity index (χ1) is 10.6. The Morgan fingerprint density at radius 1 is 1.59 bits per heavy atom. The average molecular weight is 314 g/mol. The number of furan rings is 1. The molecule has 8 nitrogen and oxygen atoms in total. The van der Waals surface area contributed by atoms with Crippen molar-refractivity contribution in [2.24, 2.45) is 0 Å². The van der Waals surface area contributed by atoms with E-state index in [0.29, 0.717) is 38.6 Å². The van der Waals surface area contributed by atoms with Crippen LogP contribution < -0.4 is 0 Å². The van der Waals surface area contributed by atoms with Gasteiger partial charge in [-0.3, -0.25) is 9.59 Å². The van der Waals surface area contributed by atoms with E-state index >= 15 is 0 Å². The van der Waals surface area contributed by atoms with Crippen LogP contribution in [-0.4, -0.2) is 84.9 Å². The summed E-state index contributed by atoms with van der Waals surface area (Å²) in [4.78, 5) is 24.5. The number of carbonyl (C=O) groups is 2. The first-order valence-corrected chi connectivity index (χ1v) is 6.93. The van der Waals surface area contributed by atoms with Gasteiger partial charge in [-0.05, 0) is 19.2 Å². The van der Waals surface area contributed by atoms with E-state index < -0.39 is 0 Å². The van der Waals surface area contributed by atoms with E-state index in [-0.39, 0.29) is 25.0 Å². The van der Waals surface area contributed by atoms with Gasteiger partial charge >= 0.3 is 0 Å². The fourth-order valence-electron chi connectivity index (χ4n) is 2.24. The van der Waals surface area contributed by atoms with Gasteiger partial charge in [0.05, 0.1) is 32.1 Å². The second-order valence-electron chi connectivity index (χ2n) is 4.80. The number of aliphatic hydroxyl groups excluding tert-OH is 1. The molecule has 1 aromatic heterocycles. The molecule has 1 amide bonds. The summed E-state index contributed by atoms with van der Waals surface area (Å²) in [6.07, 6.45) is 1.50. The Bertz CT molecular complexity index is 437. The summed E-state index contributed by atoms with van der Waals surface area (Å²) < 4.78 is 10.6. The number of nitrogens with zero attached hydrogens (tertiary/aromatic N) is 2. The van der Waals surface area contributed by atoms with Crippen LogP contribution >= 0.6 is 0 Å². The number of morpholine rings is 1. The molecule has 0 bridgehead atoms. The lowest BCUT2D eigenvalue weighted by Crippen LogP contribution is -2.53. The van der Waals surface area contributed by atoms with Crippen LogP contribution in [0.2, 0.25) is 0 Å². The zero-order valence-electron chi connectivity index (χ0n) is 12.6. The zero-order valence-corrected chi connectivity index (χ0v) is 12.6. The van der Waals surface area contributed by atoms with Crippen molar-refractivity contribution in [3.05, 3.63) is 24.2 Å². The number of ether oxygens (including phenoxy) is 1. The Morgan fingerprint density at radius 2 is 2.32 bits per heavy atom. The molecule has 1 saturated heterocycles. The lowest BCUT2D eigenvalue weighted by molar-refractivity contribution is -0.122. The van der Waals surface area contributed by atoms with Crippen molar-refractivity contribution in [3.63, 3.8) is 0 Å². The Kier molecular flexibility index (Phi) is 8.19. The molecular weight excluding hydrogens is 292 g/mol. The second-order valence-corrected chi connectivity index (χ2v) is 4.80. The van der Waals surface area contributed by atoms with Gasteiger partial charge in [-0.15, -0.1) is 0 Å². The summed E-state index contributed by atoms with van der Waals surface area (Å²) in [5, 5.41) is 15.8. The van der Waals surface area contributed by atoms with Crippen molar-refractivity contribution < 1.29 is 29.0 Å². The minimum atomic E-state index is -0.250. The molecule has 124 valence electrons. The van der Waals surface area contributed by atoms with Gasteiger partial charge in [0.2, 0.25) is 0 Å². The lowest BCUT2D eigenvalue weighted by atomic mass is 10.2. The highest BCUT2D eigenvalue weighted by Crippen LogP contribution is 2.13. The minimum absolute atomic E-state index is 0.0112. The first-order valence-electron chi connectivity index (χ1n) is 6.93. The Hall–Kier alpha value is -1.90. The predicted octanol–water partition coefficient (Wildman–Crippen LogP) is -0.254. The smallest absolute Gasteiger partial charge is 0.290 e. The molecule has 0 radical (unpaired) electrons. The highest BCUT2D eigenvalue weighted by atomic mass is 16.5. The summed E-state index contributed by atoms with van der Waals surface area (Å²) in [5.41, 5.74) is 0. The molecule has 1 aliphatic heterocycles. The number of carboxylic acid groups (broad SMARTS) is 1. The third-order valence-electron chi connectivity index (χ3n) is 3.22. The normalized spacial score (nSPS) is 17.8. The summed E-state index contributed by atoms with van der Waals surface area (Å²) in [6.45, 7) is 2.74. The summed E-state index contributed by atoms with van der Waals surface area (Å²) >= 11 is 0. The minimum Gasteiger partial charge on any atom is -0.483 e. The van der Waals surface area contributed by atoms with E-state index in [4.69, 9.17) is 24.2 Å². The zero-order chi connectivity index (χ0) is 16.4. The molecule has 1 fully saturated rings. The molecule has 2 rings (SSSR count). The monoisotopic (exact) mass is 314 g/mol. The van der Waals surface area contributed by atoms with E-state index in [1.165, 1.54) is 6.26 Å². The molecule has 2 heterocycles. The van der Waals surface area contributed by atoms with Gasteiger partial charge in [-0.1, -0.05) is 0 Å². The van der Waals surface area contributed by atoms with Crippen molar-refractivity contribution in [1.82, 2.24) is 9.80 Å². The van der Waals surface area contributed by atoms with Gasteiger partial charge in [-0.25, -0.2) is 0 Å². The third kappa shape index (κ3) is 5.47. The largest absolute Gasteiger partial charge is 0.483 e. The average Bonchev–Trinajstić information content (AvgIpc) is 3.02. The molecule has 0 spiro atoms. The molecule has 2 N–H and O–H groups in total. The van der Waals surface area contributed by atoms with Crippen LogP contribution in [0.1, 0.15) is 10.6 Å². The van der Waals surface area contributed by atoms with Crippen molar-refractivity contribution in [2.45, 2.75) is 6.04 Å². The summed E-state index contributed by atoms with van der Waals surface area (Å²) in [7, 11) is 1.92. The van der Waals surface area contributed by atoms with Crippen LogP contribution in [-0.2, 0) is 9.53 Å². The molecule has 8 heteroatoms. The summed E-state index contributed by atoms with van der Waals surface area (Å²) in [6, 6.07) is 3.37. The van der Waals surface area contributed by atoms with Gasteiger partial charge in [0, 0.05) is 19.6 Å². The molecular formula is C14H22N2O6. The van der Waals surface area contributed by atoms with Crippen molar-refractivity contribution >= 4 is 12.4 Å². The molecule has 0 aromatic carbocycles. The van der Waals surface area contributed by atoms with Crippen LogP contribution in [0.15, 0.2) is 22.8 Å². The first kappa shape index (κ1) is 18.1. The molecule has 1 unspecified atom stereocenters. The number of amides is 1. The number of likely N-dealkylation sites (N-methyl/N-ethyl adjacent to an activating group) is 1. The van der Waals surface area contributed by atoms with Crippen molar-refractivity contribution in [2.75, 3.05) is 46.5 Å². The van der Waals surface area contributed by atoms with E-state index in [0.717, 1.165) is 0 Å².